The highest BCUT2D eigenvalue weighted by Gasteiger charge is 2.11. The topological polar surface area (TPSA) is 82.6 Å². The standard InChI is InChI=1S/C19H26N4O2S2.HI/c1-14-8-9-16(18(10-14)26-4)13-23-19(20-2)22-12-15-6-5-7-17(11-15)27(24,25)21-3;/h5-11,21H,12-13H2,1-4H3,(H2,20,22,23);1H. The summed E-state index contributed by atoms with van der Waals surface area (Å²) in [5, 5.41) is 6.52. The van der Waals surface area contributed by atoms with Gasteiger partial charge in [0.1, 0.15) is 0 Å². The minimum atomic E-state index is -3.45. The summed E-state index contributed by atoms with van der Waals surface area (Å²) >= 11 is 1.72. The molecule has 0 saturated heterocycles. The van der Waals surface area contributed by atoms with E-state index in [1.165, 1.54) is 23.1 Å². The molecule has 0 fully saturated rings. The van der Waals surface area contributed by atoms with Crippen LogP contribution >= 0.6 is 35.7 Å². The van der Waals surface area contributed by atoms with Gasteiger partial charge in [0.25, 0.3) is 0 Å². The number of nitrogens with zero attached hydrogens (tertiary/aromatic N) is 1. The van der Waals surface area contributed by atoms with E-state index in [1.807, 2.05) is 6.07 Å². The first-order valence-electron chi connectivity index (χ1n) is 8.50. The van der Waals surface area contributed by atoms with Gasteiger partial charge in [-0.3, -0.25) is 4.99 Å². The monoisotopic (exact) mass is 534 g/mol. The zero-order chi connectivity index (χ0) is 19.9. The van der Waals surface area contributed by atoms with E-state index in [9.17, 15) is 8.42 Å². The van der Waals surface area contributed by atoms with E-state index in [0.717, 1.165) is 5.56 Å². The first kappa shape index (κ1) is 24.7. The van der Waals surface area contributed by atoms with Crippen molar-refractivity contribution in [1.29, 1.82) is 0 Å². The van der Waals surface area contributed by atoms with Crippen LogP contribution < -0.4 is 15.4 Å². The summed E-state index contributed by atoms with van der Waals surface area (Å²) < 4.78 is 26.2. The number of thioether (sulfide) groups is 1. The second-order valence-corrected chi connectivity index (χ2v) is 8.68. The Morgan fingerprint density at radius 1 is 1.11 bits per heavy atom. The molecule has 0 aromatic heterocycles. The van der Waals surface area contributed by atoms with Crippen LogP contribution in [-0.4, -0.2) is 34.7 Å². The molecule has 28 heavy (non-hydrogen) atoms. The maximum atomic E-state index is 11.9. The van der Waals surface area contributed by atoms with Crippen LogP contribution in [0.25, 0.3) is 0 Å². The summed E-state index contributed by atoms with van der Waals surface area (Å²) in [4.78, 5) is 5.72. The smallest absolute Gasteiger partial charge is 0.240 e. The average Bonchev–Trinajstić information content (AvgIpc) is 2.69. The lowest BCUT2D eigenvalue weighted by molar-refractivity contribution is 0.588. The van der Waals surface area contributed by atoms with E-state index in [4.69, 9.17) is 0 Å². The Bertz CT molecular complexity index is 918. The van der Waals surface area contributed by atoms with Gasteiger partial charge in [-0.25, -0.2) is 13.1 Å². The number of benzene rings is 2. The normalized spacial score (nSPS) is 11.6. The highest BCUT2D eigenvalue weighted by molar-refractivity contribution is 14.0. The lowest BCUT2D eigenvalue weighted by Crippen LogP contribution is -2.36. The molecule has 0 amide bonds. The molecule has 0 atom stereocenters. The molecule has 0 spiro atoms. The van der Waals surface area contributed by atoms with Crippen LogP contribution in [0.4, 0.5) is 0 Å². The summed E-state index contributed by atoms with van der Waals surface area (Å²) in [6.07, 6.45) is 2.07. The maximum absolute atomic E-state index is 11.9. The molecule has 0 aliphatic carbocycles. The first-order chi connectivity index (χ1) is 12.9. The highest BCUT2D eigenvalue weighted by Crippen LogP contribution is 2.21. The van der Waals surface area contributed by atoms with Gasteiger partial charge < -0.3 is 10.6 Å². The molecule has 0 bridgehead atoms. The van der Waals surface area contributed by atoms with Crippen LogP contribution in [0.2, 0.25) is 0 Å². The fourth-order valence-corrected chi connectivity index (χ4v) is 4.03. The molecule has 9 heteroatoms. The predicted molar refractivity (Wildman–Crippen MR) is 128 cm³/mol. The molecule has 2 aromatic carbocycles. The van der Waals surface area contributed by atoms with E-state index >= 15 is 0 Å². The number of aliphatic imine (C=N–C) groups is 1. The Hall–Kier alpha value is -1.30. The number of rotatable bonds is 7. The SMILES string of the molecule is CN=C(NCc1cccc(S(=O)(=O)NC)c1)NCc1ccc(C)cc1SC.I. The minimum Gasteiger partial charge on any atom is -0.352 e. The molecular formula is C19H27IN4O2S2. The Morgan fingerprint density at radius 3 is 2.46 bits per heavy atom. The van der Waals surface area contributed by atoms with Gasteiger partial charge in [-0.05, 0) is 55.1 Å². The molecule has 154 valence electrons. The van der Waals surface area contributed by atoms with Crippen molar-refractivity contribution < 1.29 is 8.42 Å². The molecule has 2 aromatic rings. The maximum Gasteiger partial charge on any atom is 0.240 e. The Kier molecular flexibility index (Phi) is 10.3. The summed E-state index contributed by atoms with van der Waals surface area (Å²) in [6, 6.07) is 13.2. The van der Waals surface area contributed by atoms with Gasteiger partial charge in [0.05, 0.1) is 4.90 Å². The molecule has 2 rings (SSSR count). The van der Waals surface area contributed by atoms with Crippen LogP contribution in [0.5, 0.6) is 0 Å². The third-order valence-electron chi connectivity index (χ3n) is 4.05. The summed E-state index contributed by atoms with van der Waals surface area (Å²) in [7, 11) is -0.335. The molecule has 3 N–H and O–H groups in total. The van der Waals surface area contributed by atoms with E-state index in [2.05, 4.69) is 51.7 Å². The van der Waals surface area contributed by atoms with Gasteiger partial charge in [-0.15, -0.1) is 35.7 Å². The molecular weight excluding hydrogens is 507 g/mol. The van der Waals surface area contributed by atoms with E-state index in [0.29, 0.717) is 19.0 Å². The lowest BCUT2D eigenvalue weighted by atomic mass is 10.1. The van der Waals surface area contributed by atoms with E-state index in [-0.39, 0.29) is 28.9 Å². The molecule has 0 saturated carbocycles. The van der Waals surface area contributed by atoms with Crippen molar-refractivity contribution in [2.45, 2.75) is 29.8 Å². The summed E-state index contributed by atoms with van der Waals surface area (Å²) in [5.41, 5.74) is 3.30. The van der Waals surface area contributed by atoms with Gasteiger partial charge in [-0.2, -0.15) is 0 Å². The number of hydrogen-bond acceptors (Lipinski definition) is 4. The fraction of sp³-hybridized carbons (Fsp3) is 0.316. The molecule has 0 aliphatic heterocycles. The molecule has 0 radical (unpaired) electrons. The largest absolute Gasteiger partial charge is 0.352 e. The predicted octanol–water partition coefficient (Wildman–Crippen LogP) is 3.11. The van der Waals surface area contributed by atoms with Crippen molar-refractivity contribution in [3.05, 3.63) is 59.2 Å². The quantitative estimate of drug-likeness (QED) is 0.220. The van der Waals surface area contributed by atoms with Crippen LogP contribution in [0, 0.1) is 6.92 Å². The Morgan fingerprint density at radius 2 is 1.82 bits per heavy atom. The first-order valence-corrected chi connectivity index (χ1v) is 11.2. The average molecular weight is 534 g/mol. The number of sulfonamides is 1. The molecule has 6 nitrogen and oxygen atoms in total. The van der Waals surface area contributed by atoms with Crippen LogP contribution in [0.15, 0.2) is 57.2 Å². The number of nitrogens with one attached hydrogen (secondary N) is 3. The molecule has 0 aliphatic rings. The number of halogens is 1. The molecule has 0 heterocycles. The van der Waals surface area contributed by atoms with Crippen molar-refractivity contribution in [3.63, 3.8) is 0 Å². The highest BCUT2D eigenvalue weighted by atomic mass is 127. The van der Waals surface area contributed by atoms with E-state index in [1.54, 1.807) is 37.0 Å². The van der Waals surface area contributed by atoms with Crippen molar-refractivity contribution >= 4 is 51.7 Å². The third kappa shape index (κ3) is 6.94. The fourth-order valence-electron chi connectivity index (χ4n) is 2.52. The zero-order valence-electron chi connectivity index (χ0n) is 16.4. The van der Waals surface area contributed by atoms with Crippen molar-refractivity contribution in [2.24, 2.45) is 4.99 Å². The van der Waals surface area contributed by atoms with Gasteiger partial charge in [0.15, 0.2) is 5.96 Å². The second-order valence-electron chi connectivity index (χ2n) is 5.95. The van der Waals surface area contributed by atoms with Gasteiger partial charge in [-0.1, -0.05) is 24.3 Å². The van der Waals surface area contributed by atoms with Gasteiger partial charge >= 0.3 is 0 Å². The zero-order valence-corrected chi connectivity index (χ0v) is 20.4. The number of guanidine groups is 1. The lowest BCUT2D eigenvalue weighted by Gasteiger charge is -2.14. The van der Waals surface area contributed by atoms with Crippen LogP contribution in [0.1, 0.15) is 16.7 Å². The number of hydrogen-bond donors (Lipinski definition) is 3. The summed E-state index contributed by atoms with van der Waals surface area (Å²) in [5.74, 6) is 0.657. The minimum absolute atomic E-state index is 0. The molecule has 0 unspecified atom stereocenters. The third-order valence-corrected chi connectivity index (χ3v) is 6.28. The number of aryl methyl sites for hydroxylation is 1. The van der Waals surface area contributed by atoms with Crippen LogP contribution in [0.3, 0.4) is 0 Å². The van der Waals surface area contributed by atoms with E-state index < -0.39 is 10.0 Å². The van der Waals surface area contributed by atoms with Crippen molar-refractivity contribution in [1.82, 2.24) is 15.4 Å². The van der Waals surface area contributed by atoms with Gasteiger partial charge in [0, 0.05) is 25.0 Å². The summed E-state index contributed by atoms with van der Waals surface area (Å²) in [6.45, 7) is 3.21. The van der Waals surface area contributed by atoms with Crippen molar-refractivity contribution in [2.75, 3.05) is 20.4 Å². The van der Waals surface area contributed by atoms with Gasteiger partial charge in [0.2, 0.25) is 10.0 Å². The van der Waals surface area contributed by atoms with Crippen molar-refractivity contribution in [3.8, 4) is 0 Å². The Balaban J connectivity index is 0.00000392. The second kappa shape index (κ2) is 11.6. The Labute approximate surface area is 189 Å². The van der Waals surface area contributed by atoms with Crippen LogP contribution in [-0.2, 0) is 23.1 Å².